The lowest BCUT2D eigenvalue weighted by Crippen LogP contribution is -2.23. The van der Waals surface area contributed by atoms with Gasteiger partial charge in [0.25, 0.3) is 0 Å². The fourth-order valence-electron chi connectivity index (χ4n) is 1.88. The van der Waals surface area contributed by atoms with Crippen LogP contribution in [0.1, 0.15) is 18.2 Å². The first-order valence-electron chi connectivity index (χ1n) is 6.04. The summed E-state index contributed by atoms with van der Waals surface area (Å²) in [6.07, 6.45) is 0. The van der Waals surface area contributed by atoms with Crippen LogP contribution in [0.4, 0.5) is 5.82 Å². The van der Waals surface area contributed by atoms with Crippen LogP contribution < -0.4 is 5.32 Å². The summed E-state index contributed by atoms with van der Waals surface area (Å²) >= 11 is 0. The summed E-state index contributed by atoms with van der Waals surface area (Å²) < 4.78 is 7.00. The van der Waals surface area contributed by atoms with Gasteiger partial charge >= 0.3 is 0 Å². The topological polar surface area (TPSA) is 42.3 Å². The molecule has 0 unspecified atom stereocenters. The number of methoxy groups -OCH3 is 1. The minimum absolute atomic E-state index is 0.756. The molecule has 0 radical (unpaired) electrons. The van der Waals surface area contributed by atoms with Crippen molar-refractivity contribution in [3.8, 4) is 0 Å². The van der Waals surface area contributed by atoms with Crippen LogP contribution in [-0.2, 0) is 18.3 Å². The molecule has 1 N–H and O–H groups in total. The molecule has 98 valence electrons. The number of anilines is 1. The smallest absolute Gasteiger partial charge is 0.128 e. The van der Waals surface area contributed by atoms with E-state index in [4.69, 9.17) is 4.74 Å². The zero-order chi connectivity index (χ0) is 12.8. The van der Waals surface area contributed by atoms with Crippen molar-refractivity contribution in [2.75, 3.05) is 39.2 Å². The van der Waals surface area contributed by atoms with E-state index in [1.165, 1.54) is 5.56 Å². The highest BCUT2D eigenvalue weighted by Crippen LogP contribution is 2.19. The molecule has 0 saturated carbocycles. The van der Waals surface area contributed by atoms with Crippen LogP contribution in [-0.4, -0.2) is 48.5 Å². The van der Waals surface area contributed by atoms with E-state index in [1.54, 1.807) is 7.11 Å². The lowest BCUT2D eigenvalue weighted by molar-refractivity contribution is 0.158. The van der Waals surface area contributed by atoms with Crippen LogP contribution in [0.25, 0.3) is 0 Å². The highest BCUT2D eigenvalue weighted by Gasteiger charge is 2.14. The van der Waals surface area contributed by atoms with Crippen molar-refractivity contribution in [2.24, 2.45) is 7.05 Å². The van der Waals surface area contributed by atoms with Crippen molar-refractivity contribution in [3.05, 3.63) is 11.3 Å². The minimum atomic E-state index is 0.756. The van der Waals surface area contributed by atoms with Crippen LogP contribution in [0.5, 0.6) is 0 Å². The third-order valence-corrected chi connectivity index (χ3v) is 2.80. The Bertz CT molecular complexity index is 349. The van der Waals surface area contributed by atoms with Crippen molar-refractivity contribution in [1.29, 1.82) is 0 Å². The molecule has 17 heavy (non-hydrogen) atoms. The maximum Gasteiger partial charge on any atom is 0.128 e. The van der Waals surface area contributed by atoms with Gasteiger partial charge in [-0.3, -0.25) is 9.58 Å². The van der Waals surface area contributed by atoms with Gasteiger partial charge in [0.1, 0.15) is 5.82 Å². The van der Waals surface area contributed by atoms with Crippen molar-refractivity contribution in [3.63, 3.8) is 0 Å². The van der Waals surface area contributed by atoms with E-state index in [2.05, 4.69) is 36.2 Å². The Balaban J connectivity index is 2.74. The maximum absolute atomic E-state index is 5.09. The Labute approximate surface area is 104 Å². The number of hydrogen-bond acceptors (Lipinski definition) is 4. The number of rotatable bonds is 7. The average molecular weight is 240 g/mol. The van der Waals surface area contributed by atoms with Crippen LogP contribution in [0.15, 0.2) is 0 Å². The molecule has 0 bridgehead atoms. The van der Waals surface area contributed by atoms with E-state index >= 15 is 0 Å². The Morgan fingerprint density at radius 2 is 2.18 bits per heavy atom. The molecular formula is C12H24N4O. The van der Waals surface area contributed by atoms with Gasteiger partial charge in [-0.15, -0.1) is 0 Å². The van der Waals surface area contributed by atoms with Gasteiger partial charge in [-0.1, -0.05) is 0 Å². The number of hydrogen-bond donors (Lipinski definition) is 1. The molecule has 0 saturated heterocycles. The van der Waals surface area contributed by atoms with Gasteiger partial charge < -0.3 is 10.1 Å². The first-order chi connectivity index (χ1) is 8.10. The predicted octanol–water partition coefficient (Wildman–Crippen LogP) is 1.24. The van der Waals surface area contributed by atoms with Crippen LogP contribution >= 0.6 is 0 Å². The molecule has 1 aromatic rings. The normalized spacial score (nSPS) is 11.2. The summed E-state index contributed by atoms with van der Waals surface area (Å²) in [5.74, 6) is 1.12. The van der Waals surface area contributed by atoms with E-state index in [-0.39, 0.29) is 0 Å². The molecule has 5 nitrogen and oxygen atoms in total. The molecule has 0 amide bonds. The van der Waals surface area contributed by atoms with Gasteiger partial charge in [0.2, 0.25) is 0 Å². The van der Waals surface area contributed by atoms with Crippen LogP contribution in [0, 0.1) is 6.92 Å². The molecule has 0 fully saturated rings. The van der Waals surface area contributed by atoms with Crippen molar-refractivity contribution in [1.82, 2.24) is 14.7 Å². The third kappa shape index (κ3) is 3.71. The molecule has 5 heteroatoms. The Kier molecular flexibility index (Phi) is 5.44. The molecular weight excluding hydrogens is 216 g/mol. The maximum atomic E-state index is 5.09. The highest BCUT2D eigenvalue weighted by molar-refractivity contribution is 5.47. The Hall–Kier alpha value is -1.07. The molecule has 1 rings (SSSR count). The van der Waals surface area contributed by atoms with Gasteiger partial charge in [-0.25, -0.2) is 0 Å². The number of aromatic nitrogens is 2. The molecule has 1 aromatic heterocycles. The van der Waals surface area contributed by atoms with Crippen molar-refractivity contribution >= 4 is 5.82 Å². The lowest BCUT2D eigenvalue weighted by atomic mass is 10.2. The Morgan fingerprint density at radius 1 is 1.47 bits per heavy atom. The minimum Gasteiger partial charge on any atom is -0.383 e. The second-order valence-electron chi connectivity index (χ2n) is 4.30. The molecule has 0 atom stereocenters. The van der Waals surface area contributed by atoms with E-state index in [0.717, 1.165) is 37.8 Å². The third-order valence-electron chi connectivity index (χ3n) is 2.80. The van der Waals surface area contributed by atoms with Crippen LogP contribution in [0.2, 0.25) is 0 Å². The first kappa shape index (κ1) is 14.0. The number of aryl methyl sites for hydroxylation is 2. The summed E-state index contributed by atoms with van der Waals surface area (Å²) in [7, 11) is 5.80. The Morgan fingerprint density at radius 3 is 2.76 bits per heavy atom. The summed E-state index contributed by atoms with van der Waals surface area (Å²) in [6, 6.07) is 0. The summed E-state index contributed by atoms with van der Waals surface area (Å²) in [4.78, 5) is 2.24. The number of likely N-dealkylation sites (N-methyl/N-ethyl adjacent to an activating group) is 1. The van der Waals surface area contributed by atoms with Crippen molar-refractivity contribution < 1.29 is 4.74 Å². The van der Waals surface area contributed by atoms with Gasteiger partial charge in [-0.2, -0.15) is 5.10 Å². The van der Waals surface area contributed by atoms with E-state index < -0.39 is 0 Å². The second-order valence-corrected chi connectivity index (χ2v) is 4.30. The standard InChI is InChI=1S/C12H24N4O/c1-6-13-12-11(10(2)14-16(12)4)9-15(3)7-8-17-5/h13H,6-9H2,1-5H3. The molecule has 0 spiro atoms. The number of nitrogens with zero attached hydrogens (tertiary/aromatic N) is 3. The quantitative estimate of drug-likeness (QED) is 0.778. The SMILES string of the molecule is CCNc1c(CN(C)CCOC)c(C)nn1C. The molecule has 0 aliphatic heterocycles. The molecule has 0 aliphatic rings. The van der Waals surface area contributed by atoms with E-state index in [0.29, 0.717) is 0 Å². The zero-order valence-electron chi connectivity index (χ0n) is 11.6. The largest absolute Gasteiger partial charge is 0.383 e. The van der Waals surface area contributed by atoms with Gasteiger partial charge in [0.15, 0.2) is 0 Å². The summed E-state index contributed by atoms with van der Waals surface area (Å²) in [5.41, 5.74) is 2.36. The van der Waals surface area contributed by atoms with Gasteiger partial charge in [-0.05, 0) is 20.9 Å². The summed E-state index contributed by atoms with van der Waals surface area (Å²) in [5, 5.41) is 7.83. The van der Waals surface area contributed by atoms with Crippen molar-refractivity contribution in [2.45, 2.75) is 20.4 Å². The molecule has 0 aliphatic carbocycles. The second kappa shape index (κ2) is 6.61. The fourth-order valence-corrected chi connectivity index (χ4v) is 1.88. The highest BCUT2D eigenvalue weighted by atomic mass is 16.5. The monoisotopic (exact) mass is 240 g/mol. The number of ether oxygens (including phenoxy) is 1. The average Bonchev–Trinajstić information content (AvgIpc) is 2.54. The first-order valence-corrected chi connectivity index (χ1v) is 6.04. The lowest BCUT2D eigenvalue weighted by Gasteiger charge is -2.17. The molecule has 1 heterocycles. The summed E-state index contributed by atoms with van der Waals surface area (Å²) in [6.45, 7) is 7.64. The van der Waals surface area contributed by atoms with Gasteiger partial charge in [0, 0.05) is 39.4 Å². The zero-order valence-corrected chi connectivity index (χ0v) is 11.6. The van der Waals surface area contributed by atoms with E-state index in [9.17, 15) is 0 Å². The predicted molar refractivity (Wildman–Crippen MR) is 70.3 cm³/mol. The van der Waals surface area contributed by atoms with Crippen LogP contribution in [0.3, 0.4) is 0 Å². The van der Waals surface area contributed by atoms with Gasteiger partial charge in [0.05, 0.1) is 12.3 Å². The fraction of sp³-hybridized carbons (Fsp3) is 0.750. The number of nitrogens with one attached hydrogen (secondary N) is 1. The van der Waals surface area contributed by atoms with E-state index in [1.807, 2.05) is 11.7 Å². The molecule has 0 aromatic carbocycles.